The number of thioether (sulfide) groups is 1. The molecule has 0 aromatic heterocycles. The van der Waals surface area contributed by atoms with Gasteiger partial charge >= 0.3 is 0 Å². The average Bonchev–Trinajstić information content (AvgIpc) is 2.27. The summed E-state index contributed by atoms with van der Waals surface area (Å²) < 4.78 is 0. The smallest absolute Gasteiger partial charge is 0.116 e. The number of anilines is 1. The summed E-state index contributed by atoms with van der Waals surface area (Å²) >= 11 is 1.68. The van der Waals surface area contributed by atoms with Crippen molar-refractivity contribution in [1.82, 2.24) is 0 Å². The zero-order chi connectivity index (χ0) is 11.4. The molecular weight excluding hydrogens is 218 g/mol. The van der Waals surface area contributed by atoms with Crippen LogP contribution in [0, 0.1) is 0 Å². The van der Waals surface area contributed by atoms with E-state index in [1.807, 2.05) is 36.4 Å². The highest BCUT2D eigenvalue weighted by atomic mass is 32.2. The maximum Gasteiger partial charge on any atom is 0.116 e. The van der Waals surface area contributed by atoms with Gasteiger partial charge in [0.05, 0.1) is 0 Å². The first kappa shape index (κ1) is 10.9. The van der Waals surface area contributed by atoms with Crippen molar-refractivity contribution < 1.29 is 5.11 Å². The largest absolute Gasteiger partial charge is 0.508 e. The lowest BCUT2D eigenvalue weighted by Crippen LogP contribution is -1.86. The van der Waals surface area contributed by atoms with E-state index in [1.54, 1.807) is 23.9 Å². The first-order chi connectivity index (χ1) is 7.74. The standard InChI is InChI=1S/C13H13NOS/c14-11-4-1-3-10(7-11)9-16-13-6-2-5-12(15)8-13/h1-8,15H,9,14H2. The molecule has 0 heterocycles. The fourth-order valence-corrected chi connectivity index (χ4v) is 2.31. The Balaban J connectivity index is 2.02. The van der Waals surface area contributed by atoms with E-state index in [2.05, 4.69) is 0 Å². The fourth-order valence-electron chi connectivity index (χ4n) is 1.42. The lowest BCUT2D eigenvalue weighted by atomic mass is 10.2. The fraction of sp³-hybridized carbons (Fsp3) is 0.0769. The van der Waals surface area contributed by atoms with Crippen molar-refractivity contribution in [2.75, 3.05) is 5.73 Å². The van der Waals surface area contributed by atoms with Crippen LogP contribution in [0.3, 0.4) is 0 Å². The van der Waals surface area contributed by atoms with Crippen molar-refractivity contribution in [3.05, 3.63) is 54.1 Å². The summed E-state index contributed by atoms with van der Waals surface area (Å²) in [6.45, 7) is 0. The zero-order valence-electron chi connectivity index (χ0n) is 8.76. The maximum absolute atomic E-state index is 9.32. The predicted octanol–water partition coefficient (Wildman–Crippen LogP) is 3.27. The number of rotatable bonds is 3. The highest BCUT2D eigenvalue weighted by molar-refractivity contribution is 7.98. The molecule has 16 heavy (non-hydrogen) atoms. The van der Waals surface area contributed by atoms with Gasteiger partial charge in [0.1, 0.15) is 5.75 Å². The van der Waals surface area contributed by atoms with Gasteiger partial charge in [0.2, 0.25) is 0 Å². The van der Waals surface area contributed by atoms with Gasteiger partial charge in [0, 0.05) is 16.3 Å². The highest BCUT2D eigenvalue weighted by Crippen LogP contribution is 2.25. The summed E-state index contributed by atoms with van der Waals surface area (Å²) in [6, 6.07) is 15.1. The molecule has 2 aromatic rings. The molecule has 0 fully saturated rings. The molecule has 2 nitrogen and oxygen atoms in total. The van der Waals surface area contributed by atoms with Gasteiger partial charge in [-0.05, 0) is 35.9 Å². The topological polar surface area (TPSA) is 46.2 Å². The average molecular weight is 231 g/mol. The van der Waals surface area contributed by atoms with Crippen LogP contribution in [0.25, 0.3) is 0 Å². The van der Waals surface area contributed by atoms with Crippen LogP contribution in [0.5, 0.6) is 5.75 Å². The molecule has 2 aromatic carbocycles. The Morgan fingerprint density at radius 3 is 2.62 bits per heavy atom. The first-order valence-electron chi connectivity index (χ1n) is 5.00. The highest BCUT2D eigenvalue weighted by Gasteiger charge is 1.97. The predicted molar refractivity (Wildman–Crippen MR) is 68.5 cm³/mol. The van der Waals surface area contributed by atoms with Crippen molar-refractivity contribution in [1.29, 1.82) is 0 Å². The SMILES string of the molecule is Nc1cccc(CSc2cccc(O)c2)c1. The molecule has 0 aliphatic rings. The van der Waals surface area contributed by atoms with Gasteiger partial charge in [0.15, 0.2) is 0 Å². The van der Waals surface area contributed by atoms with E-state index in [0.717, 1.165) is 16.3 Å². The monoisotopic (exact) mass is 231 g/mol. The third-order valence-electron chi connectivity index (χ3n) is 2.17. The normalized spacial score (nSPS) is 10.2. The van der Waals surface area contributed by atoms with E-state index in [4.69, 9.17) is 5.73 Å². The molecule has 0 radical (unpaired) electrons. The number of phenols is 1. The van der Waals surface area contributed by atoms with Gasteiger partial charge in [0.25, 0.3) is 0 Å². The minimum Gasteiger partial charge on any atom is -0.508 e. The number of nitrogen functional groups attached to an aromatic ring is 1. The Morgan fingerprint density at radius 1 is 1.06 bits per heavy atom. The van der Waals surface area contributed by atoms with Crippen molar-refractivity contribution in [3.63, 3.8) is 0 Å². The van der Waals surface area contributed by atoms with Crippen LogP contribution in [-0.2, 0) is 5.75 Å². The molecule has 3 N–H and O–H groups in total. The second-order valence-corrected chi connectivity index (χ2v) is 4.58. The van der Waals surface area contributed by atoms with Gasteiger partial charge in [-0.1, -0.05) is 18.2 Å². The molecule has 0 aliphatic heterocycles. The number of hydrogen-bond acceptors (Lipinski definition) is 3. The van der Waals surface area contributed by atoms with Gasteiger partial charge in [-0.15, -0.1) is 11.8 Å². The number of aromatic hydroxyl groups is 1. The number of phenolic OH excluding ortho intramolecular Hbond substituents is 1. The summed E-state index contributed by atoms with van der Waals surface area (Å²) in [4.78, 5) is 1.06. The second-order valence-electron chi connectivity index (χ2n) is 3.53. The minimum atomic E-state index is 0.303. The van der Waals surface area contributed by atoms with Crippen molar-refractivity contribution in [2.45, 2.75) is 10.6 Å². The zero-order valence-corrected chi connectivity index (χ0v) is 9.58. The molecule has 3 heteroatoms. The lowest BCUT2D eigenvalue weighted by Gasteiger charge is -2.03. The van der Waals surface area contributed by atoms with E-state index in [1.165, 1.54) is 5.56 Å². The minimum absolute atomic E-state index is 0.303. The summed E-state index contributed by atoms with van der Waals surface area (Å²) in [7, 11) is 0. The van der Waals surface area contributed by atoms with Crippen LogP contribution in [0.4, 0.5) is 5.69 Å². The van der Waals surface area contributed by atoms with Crippen molar-refractivity contribution >= 4 is 17.4 Å². The van der Waals surface area contributed by atoms with Crippen molar-refractivity contribution in [3.8, 4) is 5.75 Å². The Hall–Kier alpha value is -1.61. The maximum atomic E-state index is 9.32. The first-order valence-corrected chi connectivity index (χ1v) is 5.99. The molecule has 0 unspecified atom stereocenters. The molecule has 82 valence electrons. The van der Waals surface area contributed by atoms with Gasteiger partial charge in [-0.25, -0.2) is 0 Å². The second kappa shape index (κ2) is 4.94. The molecular formula is C13H13NOS. The van der Waals surface area contributed by atoms with Gasteiger partial charge in [-0.2, -0.15) is 0 Å². The Kier molecular flexibility index (Phi) is 3.37. The molecule has 0 saturated carbocycles. The summed E-state index contributed by atoms with van der Waals surface area (Å²) in [5.41, 5.74) is 7.68. The molecule has 0 bridgehead atoms. The van der Waals surface area contributed by atoms with Gasteiger partial charge < -0.3 is 10.8 Å². The van der Waals surface area contributed by atoms with Crippen LogP contribution in [0.1, 0.15) is 5.56 Å². The van der Waals surface area contributed by atoms with Crippen LogP contribution in [-0.4, -0.2) is 5.11 Å². The number of benzene rings is 2. The summed E-state index contributed by atoms with van der Waals surface area (Å²) in [6.07, 6.45) is 0. The summed E-state index contributed by atoms with van der Waals surface area (Å²) in [5, 5.41) is 9.32. The van der Waals surface area contributed by atoms with E-state index >= 15 is 0 Å². The molecule has 0 atom stereocenters. The van der Waals surface area contributed by atoms with Crippen LogP contribution in [0.2, 0.25) is 0 Å². The molecule has 2 rings (SSSR count). The molecule has 0 amide bonds. The van der Waals surface area contributed by atoms with Crippen LogP contribution in [0.15, 0.2) is 53.4 Å². The number of nitrogens with two attached hydrogens (primary N) is 1. The Morgan fingerprint density at radius 2 is 1.88 bits per heavy atom. The van der Waals surface area contributed by atoms with Crippen molar-refractivity contribution in [2.24, 2.45) is 0 Å². The van der Waals surface area contributed by atoms with E-state index in [-0.39, 0.29) is 0 Å². The van der Waals surface area contributed by atoms with E-state index in [0.29, 0.717) is 5.75 Å². The third kappa shape index (κ3) is 2.94. The quantitative estimate of drug-likeness (QED) is 0.629. The van der Waals surface area contributed by atoms with Crippen LogP contribution >= 0.6 is 11.8 Å². The summed E-state index contributed by atoms with van der Waals surface area (Å²) in [5.74, 6) is 1.16. The number of hydrogen-bond donors (Lipinski definition) is 2. The lowest BCUT2D eigenvalue weighted by molar-refractivity contribution is 0.474. The third-order valence-corrected chi connectivity index (χ3v) is 3.24. The Bertz CT molecular complexity index is 439. The van der Waals surface area contributed by atoms with Gasteiger partial charge in [-0.3, -0.25) is 0 Å². The van der Waals surface area contributed by atoms with E-state index < -0.39 is 0 Å². The molecule has 0 aliphatic carbocycles. The van der Waals surface area contributed by atoms with Crippen LogP contribution < -0.4 is 5.73 Å². The molecule has 0 saturated heterocycles. The molecule has 0 spiro atoms. The Labute approximate surface area is 99.1 Å². The van der Waals surface area contributed by atoms with E-state index in [9.17, 15) is 5.11 Å².